The van der Waals surface area contributed by atoms with E-state index in [1.54, 1.807) is 6.07 Å². The molecule has 0 aliphatic heterocycles. The SMILES string of the molecule is COc1cc(O)ccc1/C=N/NC(=O)Cc1cccc(C)c1. The van der Waals surface area contributed by atoms with E-state index in [0.29, 0.717) is 11.3 Å². The second kappa shape index (κ2) is 7.26. The number of phenols is 1. The first kappa shape index (κ1) is 15.6. The number of phenolic OH excluding ortho intramolecular Hbond substituents is 1. The van der Waals surface area contributed by atoms with Gasteiger partial charge in [0.2, 0.25) is 5.91 Å². The highest BCUT2D eigenvalue weighted by atomic mass is 16.5. The van der Waals surface area contributed by atoms with Crippen molar-refractivity contribution in [3.8, 4) is 11.5 Å². The van der Waals surface area contributed by atoms with Crippen LogP contribution in [-0.2, 0) is 11.2 Å². The van der Waals surface area contributed by atoms with Gasteiger partial charge in [-0.25, -0.2) is 5.43 Å². The fraction of sp³-hybridized carbons (Fsp3) is 0.176. The van der Waals surface area contributed by atoms with Crippen molar-refractivity contribution in [3.63, 3.8) is 0 Å². The van der Waals surface area contributed by atoms with E-state index >= 15 is 0 Å². The van der Waals surface area contributed by atoms with Crippen LogP contribution in [0.4, 0.5) is 0 Å². The number of nitrogens with zero attached hydrogens (tertiary/aromatic N) is 1. The van der Waals surface area contributed by atoms with Crippen LogP contribution in [-0.4, -0.2) is 24.3 Å². The molecule has 0 aromatic heterocycles. The number of nitrogens with one attached hydrogen (secondary N) is 1. The van der Waals surface area contributed by atoms with Gasteiger partial charge in [-0.15, -0.1) is 0 Å². The number of amides is 1. The van der Waals surface area contributed by atoms with Gasteiger partial charge >= 0.3 is 0 Å². The Bertz CT molecular complexity index is 696. The van der Waals surface area contributed by atoms with E-state index in [1.165, 1.54) is 25.5 Å². The molecule has 0 saturated carbocycles. The van der Waals surface area contributed by atoms with Gasteiger partial charge in [0.1, 0.15) is 11.5 Å². The minimum absolute atomic E-state index is 0.109. The number of hydrogen-bond acceptors (Lipinski definition) is 4. The van der Waals surface area contributed by atoms with Gasteiger partial charge in [-0.1, -0.05) is 29.8 Å². The highest BCUT2D eigenvalue weighted by Crippen LogP contribution is 2.22. The average molecular weight is 298 g/mol. The smallest absolute Gasteiger partial charge is 0.244 e. The van der Waals surface area contributed by atoms with Crippen molar-refractivity contribution in [1.29, 1.82) is 0 Å². The molecule has 2 aromatic carbocycles. The number of hydrogen-bond donors (Lipinski definition) is 2. The normalized spacial score (nSPS) is 10.6. The zero-order chi connectivity index (χ0) is 15.9. The lowest BCUT2D eigenvalue weighted by molar-refractivity contribution is -0.120. The Kier molecular flexibility index (Phi) is 5.14. The van der Waals surface area contributed by atoms with Gasteiger partial charge in [-0.05, 0) is 24.6 Å². The zero-order valence-corrected chi connectivity index (χ0v) is 12.5. The molecule has 1 amide bonds. The highest BCUT2D eigenvalue weighted by molar-refractivity contribution is 5.86. The summed E-state index contributed by atoms with van der Waals surface area (Å²) in [5.74, 6) is 0.397. The van der Waals surface area contributed by atoms with E-state index < -0.39 is 0 Å². The Balaban J connectivity index is 1.96. The second-order valence-corrected chi connectivity index (χ2v) is 4.89. The van der Waals surface area contributed by atoms with Crippen molar-refractivity contribution >= 4 is 12.1 Å². The number of carbonyl (C=O) groups is 1. The standard InChI is InChI=1S/C17H18N2O3/c1-12-4-3-5-13(8-12)9-17(21)19-18-11-14-6-7-15(20)10-16(14)22-2/h3-8,10-11,20H,9H2,1-2H3,(H,19,21)/b18-11+. The molecule has 0 saturated heterocycles. The molecule has 0 unspecified atom stereocenters. The molecule has 2 aromatic rings. The molecule has 114 valence electrons. The first-order valence-corrected chi connectivity index (χ1v) is 6.83. The molecule has 0 bridgehead atoms. The van der Waals surface area contributed by atoms with E-state index in [9.17, 15) is 9.90 Å². The number of carbonyl (C=O) groups excluding carboxylic acids is 1. The van der Waals surface area contributed by atoms with E-state index in [1.807, 2.05) is 31.2 Å². The molecule has 22 heavy (non-hydrogen) atoms. The lowest BCUT2D eigenvalue weighted by Crippen LogP contribution is -2.19. The second-order valence-electron chi connectivity index (χ2n) is 4.89. The maximum Gasteiger partial charge on any atom is 0.244 e. The van der Waals surface area contributed by atoms with Crippen LogP contribution in [0, 0.1) is 6.92 Å². The molecule has 5 nitrogen and oxygen atoms in total. The van der Waals surface area contributed by atoms with Crippen LogP contribution in [0.25, 0.3) is 0 Å². The Morgan fingerprint density at radius 2 is 2.14 bits per heavy atom. The summed E-state index contributed by atoms with van der Waals surface area (Å²) >= 11 is 0. The molecule has 0 spiro atoms. The predicted molar refractivity (Wildman–Crippen MR) is 85.3 cm³/mol. The summed E-state index contributed by atoms with van der Waals surface area (Å²) in [6.45, 7) is 1.98. The van der Waals surface area contributed by atoms with Crippen molar-refractivity contribution in [2.24, 2.45) is 5.10 Å². The Labute approximate surface area is 129 Å². The number of methoxy groups -OCH3 is 1. The fourth-order valence-corrected chi connectivity index (χ4v) is 2.03. The third-order valence-corrected chi connectivity index (χ3v) is 3.06. The monoisotopic (exact) mass is 298 g/mol. The topological polar surface area (TPSA) is 70.9 Å². The third-order valence-electron chi connectivity index (χ3n) is 3.06. The molecule has 2 rings (SSSR count). The number of rotatable bonds is 5. The lowest BCUT2D eigenvalue weighted by atomic mass is 10.1. The largest absolute Gasteiger partial charge is 0.508 e. The van der Waals surface area contributed by atoms with Gasteiger partial charge in [0.25, 0.3) is 0 Å². The molecule has 0 heterocycles. The van der Waals surface area contributed by atoms with Crippen molar-refractivity contribution in [2.45, 2.75) is 13.3 Å². The first-order chi connectivity index (χ1) is 10.6. The highest BCUT2D eigenvalue weighted by Gasteiger charge is 2.04. The van der Waals surface area contributed by atoms with Gasteiger partial charge in [0.05, 0.1) is 19.7 Å². The maximum absolute atomic E-state index is 11.8. The lowest BCUT2D eigenvalue weighted by Gasteiger charge is -2.05. The van der Waals surface area contributed by atoms with E-state index in [-0.39, 0.29) is 18.1 Å². The Hall–Kier alpha value is -2.82. The van der Waals surface area contributed by atoms with Gasteiger partial charge in [-0.3, -0.25) is 4.79 Å². The van der Waals surface area contributed by atoms with Gasteiger partial charge in [0.15, 0.2) is 0 Å². The maximum atomic E-state index is 11.8. The quantitative estimate of drug-likeness (QED) is 0.658. The molecule has 2 N–H and O–H groups in total. The number of hydrazone groups is 1. The van der Waals surface area contributed by atoms with E-state index in [4.69, 9.17) is 4.74 Å². The molecule has 5 heteroatoms. The molecular weight excluding hydrogens is 280 g/mol. The van der Waals surface area contributed by atoms with Crippen LogP contribution in [0.1, 0.15) is 16.7 Å². The number of aromatic hydroxyl groups is 1. The van der Waals surface area contributed by atoms with E-state index in [2.05, 4.69) is 10.5 Å². The van der Waals surface area contributed by atoms with Crippen LogP contribution >= 0.6 is 0 Å². The van der Waals surface area contributed by atoms with Crippen LogP contribution in [0.5, 0.6) is 11.5 Å². The molecule has 0 aliphatic carbocycles. The zero-order valence-electron chi connectivity index (χ0n) is 12.5. The van der Waals surface area contributed by atoms with Gasteiger partial charge in [-0.2, -0.15) is 5.10 Å². The minimum Gasteiger partial charge on any atom is -0.508 e. The number of ether oxygens (including phenoxy) is 1. The number of aryl methyl sites for hydroxylation is 1. The summed E-state index contributed by atoms with van der Waals surface area (Å²) in [6, 6.07) is 12.4. The first-order valence-electron chi connectivity index (χ1n) is 6.83. The third kappa shape index (κ3) is 4.34. The van der Waals surface area contributed by atoms with Crippen LogP contribution in [0.15, 0.2) is 47.6 Å². The summed E-state index contributed by atoms with van der Waals surface area (Å²) in [6.07, 6.45) is 1.75. The van der Waals surface area contributed by atoms with Crippen molar-refractivity contribution in [1.82, 2.24) is 5.43 Å². The minimum atomic E-state index is -0.195. The summed E-state index contributed by atoms with van der Waals surface area (Å²) in [5, 5.41) is 13.3. The Morgan fingerprint density at radius 3 is 2.86 bits per heavy atom. The van der Waals surface area contributed by atoms with E-state index in [0.717, 1.165) is 11.1 Å². The van der Waals surface area contributed by atoms with Crippen molar-refractivity contribution in [2.75, 3.05) is 7.11 Å². The summed E-state index contributed by atoms with van der Waals surface area (Å²) < 4.78 is 5.13. The van der Waals surface area contributed by atoms with Crippen LogP contribution in [0.2, 0.25) is 0 Å². The summed E-state index contributed by atoms with van der Waals surface area (Å²) in [4.78, 5) is 11.8. The van der Waals surface area contributed by atoms with Gasteiger partial charge < -0.3 is 9.84 Å². The predicted octanol–water partition coefficient (Wildman–Crippen LogP) is 2.40. The molecule has 0 radical (unpaired) electrons. The Morgan fingerprint density at radius 1 is 1.32 bits per heavy atom. The molecule has 0 atom stereocenters. The average Bonchev–Trinajstić information content (AvgIpc) is 2.48. The van der Waals surface area contributed by atoms with Crippen molar-refractivity contribution in [3.05, 3.63) is 59.2 Å². The van der Waals surface area contributed by atoms with Crippen LogP contribution in [0.3, 0.4) is 0 Å². The van der Waals surface area contributed by atoms with Crippen LogP contribution < -0.4 is 10.2 Å². The molecular formula is C17H18N2O3. The fourth-order valence-electron chi connectivity index (χ4n) is 2.03. The summed E-state index contributed by atoms with van der Waals surface area (Å²) in [7, 11) is 1.50. The summed E-state index contributed by atoms with van der Waals surface area (Å²) in [5.41, 5.74) is 5.19. The number of benzene rings is 2. The molecule has 0 fully saturated rings. The van der Waals surface area contributed by atoms with Gasteiger partial charge in [0, 0.05) is 11.6 Å². The van der Waals surface area contributed by atoms with Crippen molar-refractivity contribution < 1.29 is 14.6 Å². The molecule has 0 aliphatic rings.